The molecule has 7 rings (SSSR count). The number of hydrogen-bond acceptors (Lipinski definition) is 2. The molecule has 0 saturated carbocycles. The van der Waals surface area contributed by atoms with Gasteiger partial charge in [0.05, 0.1) is 0 Å². The van der Waals surface area contributed by atoms with E-state index in [1.165, 1.54) is 44.9 Å². The quantitative estimate of drug-likeness (QED) is 0.218. The van der Waals surface area contributed by atoms with Crippen molar-refractivity contribution in [1.29, 1.82) is 0 Å². The van der Waals surface area contributed by atoms with Crippen molar-refractivity contribution in [2.24, 2.45) is 0 Å². The third-order valence-corrected chi connectivity index (χ3v) is 7.67. The number of benzene rings is 6. The summed E-state index contributed by atoms with van der Waals surface area (Å²) in [5.41, 5.74) is 13.6. The minimum absolute atomic E-state index is 0.917. The molecule has 0 radical (unpaired) electrons. The number of rotatable bonds is 6. The third-order valence-electron chi connectivity index (χ3n) is 7.67. The number of hydrogen-bond donors (Lipinski definition) is 0. The molecule has 0 spiro atoms. The van der Waals surface area contributed by atoms with Crippen LogP contribution >= 0.6 is 0 Å². The summed E-state index contributed by atoms with van der Waals surface area (Å²) in [4.78, 5) is 4.69. The van der Waals surface area contributed by atoms with Crippen LogP contribution in [0.25, 0.3) is 11.1 Å². The summed E-state index contributed by atoms with van der Waals surface area (Å²) in [6, 6.07) is 54.4. The fourth-order valence-electron chi connectivity index (χ4n) is 5.85. The Morgan fingerprint density at radius 1 is 0.375 bits per heavy atom. The Morgan fingerprint density at radius 2 is 0.775 bits per heavy atom. The molecule has 6 aromatic rings. The van der Waals surface area contributed by atoms with Crippen molar-refractivity contribution in [3.8, 4) is 11.1 Å². The molecular formula is C38H30N2. The van der Waals surface area contributed by atoms with Gasteiger partial charge in [-0.25, -0.2) is 0 Å². The maximum absolute atomic E-state index is 2.37. The summed E-state index contributed by atoms with van der Waals surface area (Å²) in [5, 5.41) is 0. The standard InChI is InChI=1S/C38H30N2/c1-28-12-11-19-34(24-28)40(33-17-9-4-10-18-33)36-21-23-38-30(27-36)25-29-26-35(20-22-37(29)38)39(31-13-5-2-6-14-31)32-15-7-3-8-16-32/h2-24,26-27H,25H2,1H3. The SMILES string of the molecule is Cc1cccc(N(c2ccccc2)c2ccc3c(c2)Cc2cc(N(c4ccccc4)c4ccccc4)ccc2-3)c1. The van der Waals surface area contributed by atoms with Crippen LogP contribution in [-0.2, 0) is 6.42 Å². The molecule has 6 aromatic carbocycles. The van der Waals surface area contributed by atoms with E-state index < -0.39 is 0 Å². The Bertz CT molecular complexity index is 1740. The van der Waals surface area contributed by atoms with E-state index in [-0.39, 0.29) is 0 Å². The van der Waals surface area contributed by atoms with Gasteiger partial charge in [-0.1, -0.05) is 78.9 Å². The molecule has 0 aromatic heterocycles. The van der Waals surface area contributed by atoms with Crippen LogP contribution in [0.4, 0.5) is 34.1 Å². The Kier molecular flexibility index (Phi) is 6.14. The predicted octanol–water partition coefficient (Wildman–Crippen LogP) is 10.5. The van der Waals surface area contributed by atoms with Crippen molar-refractivity contribution in [3.63, 3.8) is 0 Å². The van der Waals surface area contributed by atoms with Gasteiger partial charge in [-0.3, -0.25) is 0 Å². The van der Waals surface area contributed by atoms with Crippen LogP contribution in [0.3, 0.4) is 0 Å². The molecule has 0 amide bonds. The molecule has 0 N–H and O–H groups in total. The van der Waals surface area contributed by atoms with E-state index in [0.717, 1.165) is 23.5 Å². The second kappa shape index (κ2) is 10.2. The Balaban J connectivity index is 1.28. The molecule has 192 valence electrons. The number of anilines is 6. The molecule has 1 aliphatic rings. The summed E-state index contributed by atoms with van der Waals surface area (Å²) in [5.74, 6) is 0. The second-order valence-corrected chi connectivity index (χ2v) is 10.4. The number of nitrogens with zero attached hydrogens (tertiary/aromatic N) is 2. The number of fused-ring (bicyclic) bond motifs is 3. The molecule has 40 heavy (non-hydrogen) atoms. The van der Waals surface area contributed by atoms with Crippen molar-refractivity contribution in [3.05, 3.63) is 168 Å². The number of aryl methyl sites for hydroxylation is 1. The van der Waals surface area contributed by atoms with Crippen LogP contribution < -0.4 is 9.80 Å². The highest BCUT2D eigenvalue weighted by atomic mass is 15.1. The summed E-state index contributed by atoms with van der Waals surface area (Å²) in [6.07, 6.45) is 0.917. The minimum Gasteiger partial charge on any atom is -0.310 e. The minimum atomic E-state index is 0.917. The van der Waals surface area contributed by atoms with E-state index in [0.29, 0.717) is 0 Å². The van der Waals surface area contributed by atoms with Gasteiger partial charge in [0, 0.05) is 34.1 Å². The zero-order chi connectivity index (χ0) is 26.9. The Labute approximate surface area is 236 Å². The smallest absolute Gasteiger partial charge is 0.0464 e. The zero-order valence-corrected chi connectivity index (χ0v) is 22.5. The molecule has 0 aliphatic heterocycles. The third kappa shape index (κ3) is 4.44. The average Bonchev–Trinajstić information content (AvgIpc) is 3.36. The molecule has 0 fully saturated rings. The van der Waals surface area contributed by atoms with Crippen LogP contribution in [0.15, 0.2) is 152 Å². The summed E-state index contributed by atoms with van der Waals surface area (Å²) >= 11 is 0. The van der Waals surface area contributed by atoms with Crippen LogP contribution in [0, 0.1) is 6.92 Å². The largest absolute Gasteiger partial charge is 0.310 e. The highest BCUT2D eigenvalue weighted by Gasteiger charge is 2.23. The van der Waals surface area contributed by atoms with E-state index in [2.05, 4.69) is 168 Å². The van der Waals surface area contributed by atoms with Gasteiger partial charge < -0.3 is 9.80 Å². The van der Waals surface area contributed by atoms with Crippen LogP contribution in [0.2, 0.25) is 0 Å². The fourth-order valence-corrected chi connectivity index (χ4v) is 5.85. The Hall–Kier alpha value is -5.08. The molecule has 2 nitrogen and oxygen atoms in total. The van der Waals surface area contributed by atoms with Crippen molar-refractivity contribution in [1.82, 2.24) is 0 Å². The highest BCUT2D eigenvalue weighted by Crippen LogP contribution is 2.44. The maximum atomic E-state index is 2.37. The molecule has 2 heteroatoms. The van der Waals surface area contributed by atoms with E-state index in [1.807, 2.05) is 0 Å². The first kappa shape index (κ1) is 24.0. The van der Waals surface area contributed by atoms with Gasteiger partial charge in [-0.15, -0.1) is 0 Å². The van der Waals surface area contributed by atoms with Crippen molar-refractivity contribution < 1.29 is 0 Å². The fraction of sp³-hybridized carbons (Fsp3) is 0.0526. The van der Waals surface area contributed by atoms with Gasteiger partial charge in [-0.2, -0.15) is 0 Å². The topological polar surface area (TPSA) is 6.48 Å². The predicted molar refractivity (Wildman–Crippen MR) is 169 cm³/mol. The lowest BCUT2D eigenvalue weighted by Gasteiger charge is -2.26. The summed E-state index contributed by atoms with van der Waals surface area (Å²) in [7, 11) is 0. The lowest BCUT2D eigenvalue weighted by atomic mass is 10.0. The van der Waals surface area contributed by atoms with Crippen molar-refractivity contribution >= 4 is 34.1 Å². The van der Waals surface area contributed by atoms with Gasteiger partial charge in [-0.05, 0) is 114 Å². The van der Waals surface area contributed by atoms with Crippen LogP contribution in [-0.4, -0.2) is 0 Å². The molecule has 1 aliphatic carbocycles. The van der Waals surface area contributed by atoms with Crippen molar-refractivity contribution in [2.75, 3.05) is 9.80 Å². The van der Waals surface area contributed by atoms with E-state index in [4.69, 9.17) is 0 Å². The summed E-state index contributed by atoms with van der Waals surface area (Å²) in [6.45, 7) is 2.15. The summed E-state index contributed by atoms with van der Waals surface area (Å²) < 4.78 is 0. The van der Waals surface area contributed by atoms with E-state index >= 15 is 0 Å². The van der Waals surface area contributed by atoms with Gasteiger partial charge in [0.1, 0.15) is 0 Å². The van der Waals surface area contributed by atoms with Gasteiger partial charge >= 0.3 is 0 Å². The van der Waals surface area contributed by atoms with Gasteiger partial charge in [0.2, 0.25) is 0 Å². The van der Waals surface area contributed by atoms with E-state index in [1.54, 1.807) is 0 Å². The molecule has 0 heterocycles. The number of para-hydroxylation sites is 3. The molecule has 0 atom stereocenters. The van der Waals surface area contributed by atoms with Crippen LogP contribution in [0.1, 0.15) is 16.7 Å². The Morgan fingerprint density at radius 3 is 1.23 bits per heavy atom. The molecule has 0 saturated heterocycles. The monoisotopic (exact) mass is 514 g/mol. The lowest BCUT2D eigenvalue weighted by molar-refractivity contribution is 1.22. The van der Waals surface area contributed by atoms with Gasteiger partial charge in [0.15, 0.2) is 0 Å². The average molecular weight is 515 g/mol. The molecular weight excluding hydrogens is 484 g/mol. The maximum Gasteiger partial charge on any atom is 0.0464 e. The second-order valence-electron chi connectivity index (χ2n) is 10.4. The lowest BCUT2D eigenvalue weighted by Crippen LogP contribution is -2.10. The zero-order valence-electron chi connectivity index (χ0n) is 22.5. The molecule has 0 bridgehead atoms. The first-order chi connectivity index (χ1) is 19.7. The van der Waals surface area contributed by atoms with Crippen LogP contribution in [0.5, 0.6) is 0 Å². The van der Waals surface area contributed by atoms with Crippen molar-refractivity contribution in [2.45, 2.75) is 13.3 Å². The highest BCUT2D eigenvalue weighted by molar-refractivity contribution is 5.86. The normalized spacial score (nSPS) is 11.5. The first-order valence-corrected chi connectivity index (χ1v) is 13.8. The first-order valence-electron chi connectivity index (χ1n) is 13.8. The van der Waals surface area contributed by atoms with E-state index in [9.17, 15) is 0 Å². The molecule has 0 unspecified atom stereocenters. The van der Waals surface area contributed by atoms with Gasteiger partial charge in [0.25, 0.3) is 0 Å².